The molecule has 9 nitrogen and oxygen atoms in total. The van der Waals surface area contributed by atoms with E-state index in [1.165, 1.54) is 31.8 Å². The second kappa shape index (κ2) is 10.6. The lowest BCUT2D eigenvalue weighted by Crippen LogP contribution is -2.21. The number of nitrogens with two attached hydrogens (primary N) is 1. The molecule has 3 rings (SSSR count). The number of halogens is 1. The van der Waals surface area contributed by atoms with E-state index < -0.39 is 0 Å². The first kappa shape index (κ1) is 23.0. The number of nitrogens with zero attached hydrogens (tertiary/aromatic N) is 4. The summed E-state index contributed by atoms with van der Waals surface area (Å²) in [5.74, 6) is 0.234. The molecule has 0 atom stereocenters. The lowest BCUT2D eigenvalue weighted by molar-refractivity contribution is 0.0954. The number of thiophene rings is 1. The van der Waals surface area contributed by atoms with Crippen molar-refractivity contribution in [1.82, 2.24) is 20.3 Å². The van der Waals surface area contributed by atoms with Crippen molar-refractivity contribution in [2.75, 3.05) is 14.2 Å². The van der Waals surface area contributed by atoms with Gasteiger partial charge in [-0.3, -0.25) is 4.79 Å². The number of hydrogen-bond acceptors (Lipinski definition) is 8. The highest BCUT2D eigenvalue weighted by Crippen LogP contribution is 2.21. The van der Waals surface area contributed by atoms with Gasteiger partial charge in [-0.25, -0.2) is 9.67 Å². The van der Waals surface area contributed by atoms with Gasteiger partial charge < -0.3 is 20.5 Å². The number of hydrogen-bond donors (Lipinski definition) is 2. The van der Waals surface area contributed by atoms with Crippen LogP contribution in [0.15, 0.2) is 65.9 Å². The Kier molecular flexibility index (Phi) is 7.63. The van der Waals surface area contributed by atoms with Crippen LogP contribution in [0.2, 0.25) is 4.34 Å². The summed E-state index contributed by atoms with van der Waals surface area (Å²) in [4.78, 5) is 16.8. The van der Waals surface area contributed by atoms with Crippen molar-refractivity contribution < 1.29 is 14.3 Å². The van der Waals surface area contributed by atoms with E-state index in [0.717, 1.165) is 11.3 Å². The lowest BCUT2D eigenvalue weighted by Gasteiger charge is -2.08. The third-order valence-electron chi connectivity index (χ3n) is 4.27. The molecule has 0 radical (unpaired) electrons. The predicted molar refractivity (Wildman–Crippen MR) is 125 cm³/mol. The second-order valence-corrected chi connectivity index (χ2v) is 8.04. The molecule has 0 fully saturated rings. The molecule has 166 valence electrons. The number of aliphatic imine (C=N–C) groups is 1. The minimum absolute atomic E-state index is 0.205. The zero-order valence-electron chi connectivity index (χ0n) is 17.4. The molecule has 11 heteroatoms. The maximum absolute atomic E-state index is 12.1. The summed E-state index contributed by atoms with van der Waals surface area (Å²) in [6, 6.07) is 10.8. The predicted octanol–water partition coefficient (Wildman–Crippen LogP) is 3.37. The van der Waals surface area contributed by atoms with Crippen molar-refractivity contribution >= 4 is 40.6 Å². The molecule has 2 aromatic heterocycles. The van der Waals surface area contributed by atoms with Crippen LogP contribution in [0.3, 0.4) is 0 Å². The molecule has 0 aliphatic rings. The van der Waals surface area contributed by atoms with E-state index in [0.29, 0.717) is 20.5 Å². The van der Waals surface area contributed by atoms with Gasteiger partial charge in [0.2, 0.25) is 5.88 Å². The van der Waals surface area contributed by atoms with Crippen LogP contribution in [0, 0.1) is 0 Å². The van der Waals surface area contributed by atoms with Crippen molar-refractivity contribution in [3.8, 4) is 5.69 Å². The van der Waals surface area contributed by atoms with Gasteiger partial charge in [-0.05, 0) is 36.4 Å². The van der Waals surface area contributed by atoms with Crippen LogP contribution in [0.1, 0.15) is 20.9 Å². The van der Waals surface area contributed by atoms with Gasteiger partial charge in [-0.1, -0.05) is 28.9 Å². The van der Waals surface area contributed by atoms with E-state index in [1.54, 1.807) is 23.0 Å². The number of nitrogens with one attached hydrogen (secondary N) is 1. The Morgan fingerprint density at radius 1 is 1.28 bits per heavy atom. The van der Waals surface area contributed by atoms with Crippen LogP contribution in [0.25, 0.3) is 11.3 Å². The number of ether oxygens (including phenoxy) is 2. The topological polar surface area (TPSA) is 117 Å². The molecular formula is C21H21ClN6O3S. The maximum Gasteiger partial charge on any atom is 0.261 e. The first-order valence-electron chi connectivity index (χ1n) is 9.27. The zero-order valence-corrected chi connectivity index (χ0v) is 19.0. The molecule has 2 heterocycles. The molecule has 0 unspecified atom stereocenters. The lowest BCUT2D eigenvalue weighted by atomic mass is 10.1. The van der Waals surface area contributed by atoms with Gasteiger partial charge in [0.15, 0.2) is 5.88 Å². The summed E-state index contributed by atoms with van der Waals surface area (Å²) in [6.45, 7) is 3.89. The Labute approximate surface area is 193 Å². The van der Waals surface area contributed by atoms with E-state index in [2.05, 4.69) is 27.2 Å². The fourth-order valence-corrected chi connectivity index (χ4v) is 3.53. The molecule has 0 aliphatic heterocycles. The number of methoxy groups -OCH3 is 2. The Balaban J connectivity index is 1.70. The van der Waals surface area contributed by atoms with Crippen LogP contribution in [-0.4, -0.2) is 41.3 Å². The van der Waals surface area contributed by atoms with Crippen LogP contribution in [0.5, 0.6) is 0 Å². The molecular weight excluding hydrogens is 452 g/mol. The molecule has 1 amide bonds. The Morgan fingerprint density at radius 3 is 2.66 bits per heavy atom. The molecule has 0 saturated carbocycles. The Bertz CT molecular complexity index is 1170. The average Bonchev–Trinajstić information content (AvgIpc) is 3.46. The first-order chi connectivity index (χ1) is 15.4. The number of aromatic nitrogens is 3. The smallest absolute Gasteiger partial charge is 0.261 e. The van der Waals surface area contributed by atoms with Crippen LogP contribution in [-0.2, 0) is 16.0 Å². The highest BCUT2D eigenvalue weighted by atomic mass is 35.5. The van der Waals surface area contributed by atoms with Gasteiger partial charge in [0.1, 0.15) is 5.69 Å². The molecule has 0 saturated heterocycles. The van der Waals surface area contributed by atoms with Gasteiger partial charge in [-0.15, -0.1) is 16.4 Å². The third-order valence-corrected chi connectivity index (χ3v) is 5.50. The molecule has 3 aromatic rings. The monoisotopic (exact) mass is 472 g/mol. The van der Waals surface area contributed by atoms with Crippen LogP contribution in [0.4, 0.5) is 0 Å². The molecule has 0 aliphatic carbocycles. The second-order valence-electron chi connectivity index (χ2n) is 6.33. The third kappa shape index (κ3) is 5.74. The normalized spacial score (nSPS) is 11.8. The number of rotatable bonds is 9. The van der Waals surface area contributed by atoms with Crippen LogP contribution < -0.4 is 11.1 Å². The van der Waals surface area contributed by atoms with E-state index >= 15 is 0 Å². The van der Waals surface area contributed by atoms with Gasteiger partial charge >= 0.3 is 0 Å². The minimum Gasteiger partial charge on any atom is -0.482 e. The maximum atomic E-state index is 12.1. The SMILES string of the molecule is C=C(N=C/C(=C(\N)OC)c1ccc(-n2cc(CNC(=O)c3ccc(Cl)s3)nn2)cc1)OC. The largest absolute Gasteiger partial charge is 0.482 e. The summed E-state index contributed by atoms with van der Waals surface area (Å²) in [5.41, 5.74) is 8.70. The highest BCUT2D eigenvalue weighted by molar-refractivity contribution is 7.17. The van der Waals surface area contributed by atoms with Crippen molar-refractivity contribution in [3.05, 3.63) is 81.4 Å². The highest BCUT2D eigenvalue weighted by Gasteiger charge is 2.11. The summed E-state index contributed by atoms with van der Waals surface area (Å²) in [5, 5.41) is 11.0. The van der Waals surface area contributed by atoms with E-state index in [9.17, 15) is 4.79 Å². The van der Waals surface area contributed by atoms with Crippen molar-refractivity contribution in [2.45, 2.75) is 6.54 Å². The fourth-order valence-electron chi connectivity index (χ4n) is 2.57. The Morgan fingerprint density at radius 2 is 2.03 bits per heavy atom. The van der Waals surface area contributed by atoms with E-state index in [4.69, 9.17) is 26.8 Å². The molecule has 32 heavy (non-hydrogen) atoms. The van der Waals surface area contributed by atoms with Gasteiger partial charge in [-0.2, -0.15) is 0 Å². The fraction of sp³-hybridized carbons (Fsp3) is 0.143. The summed E-state index contributed by atoms with van der Waals surface area (Å²) >= 11 is 7.08. The summed E-state index contributed by atoms with van der Waals surface area (Å²) in [6.07, 6.45) is 3.26. The van der Waals surface area contributed by atoms with Crippen molar-refractivity contribution in [1.29, 1.82) is 0 Å². The number of amides is 1. The first-order valence-corrected chi connectivity index (χ1v) is 10.5. The van der Waals surface area contributed by atoms with Crippen molar-refractivity contribution in [2.24, 2.45) is 10.7 Å². The van der Waals surface area contributed by atoms with E-state index in [-0.39, 0.29) is 24.2 Å². The molecule has 0 bridgehead atoms. The van der Waals surface area contributed by atoms with Gasteiger partial charge in [0.25, 0.3) is 5.91 Å². The quantitative estimate of drug-likeness (QED) is 0.364. The number of benzene rings is 1. The van der Waals surface area contributed by atoms with Gasteiger partial charge in [0.05, 0.1) is 47.4 Å². The molecule has 3 N–H and O–H groups in total. The van der Waals surface area contributed by atoms with Crippen LogP contribution >= 0.6 is 22.9 Å². The number of carbonyl (C=O) groups is 1. The number of carbonyl (C=O) groups excluding carboxylic acids is 1. The molecule has 1 aromatic carbocycles. The standard InChI is InChI=1S/C21H21ClN6O3S/c1-13(30-2)24-11-17(20(23)31-3)14-4-6-16(7-5-14)28-12-15(26-27-28)10-25-21(29)18-8-9-19(22)32-18/h4-9,11-12H,1,10,23H2,2-3H3,(H,25,29)/b20-17-,24-11?. The van der Waals surface area contributed by atoms with E-state index in [1.807, 2.05) is 24.3 Å². The Hall–Kier alpha value is -3.63. The van der Waals surface area contributed by atoms with Crippen molar-refractivity contribution in [3.63, 3.8) is 0 Å². The van der Waals surface area contributed by atoms with Gasteiger partial charge in [0, 0.05) is 6.21 Å². The number of allylic oxidation sites excluding steroid dienone is 1. The minimum atomic E-state index is -0.214. The average molecular weight is 473 g/mol. The molecule has 0 spiro atoms. The zero-order chi connectivity index (χ0) is 23.1. The summed E-state index contributed by atoms with van der Waals surface area (Å²) < 4.78 is 12.3. The summed E-state index contributed by atoms with van der Waals surface area (Å²) in [7, 11) is 2.96.